The van der Waals surface area contributed by atoms with E-state index >= 15 is 0 Å². The van der Waals surface area contributed by atoms with Crippen LogP contribution in [0.3, 0.4) is 0 Å². The third-order valence-electron chi connectivity index (χ3n) is 2.93. The zero-order chi connectivity index (χ0) is 15.7. The van der Waals surface area contributed by atoms with Crippen LogP contribution in [0.5, 0.6) is 0 Å². The first kappa shape index (κ1) is 13.4. The molecule has 0 saturated heterocycles. The molecule has 1 aliphatic rings. The first-order valence-corrected chi connectivity index (χ1v) is 6.17. The lowest BCUT2D eigenvalue weighted by Gasteiger charge is -2.09. The molecular formula is C13H8N6O3. The van der Waals surface area contributed by atoms with E-state index in [2.05, 4.69) is 25.5 Å². The van der Waals surface area contributed by atoms with Gasteiger partial charge in [-0.3, -0.25) is 24.8 Å². The Hall–Kier alpha value is -3.54. The number of aromatic amines is 2. The summed E-state index contributed by atoms with van der Waals surface area (Å²) in [4.78, 5) is 40.6. The highest BCUT2D eigenvalue weighted by Gasteiger charge is 2.20. The van der Waals surface area contributed by atoms with Gasteiger partial charge in [-0.1, -0.05) is 0 Å². The molecule has 2 aromatic heterocycles. The van der Waals surface area contributed by atoms with Crippen LogP contribution in [-0.2, 0) is 9.59 Å². The SMILES string of the molecule is N#Cc1cc(-c2nc(C3=CC(=O)NC(=O)C3)n[nH]2)cc(=O)[nH]1. The molecule has 2 amide bonds. The van der Waals surface area contributed by atoms with Crippen molar-refractivity contribution in [3.05, 3.63) is 40.1 Å². The normalized spacial score (nSPS) is 14.2. The number of amides is 2. The number of hydrogen-bond acceptors (Lipinski definition) is 6. The lowest BCUT2D eigenvalue weighted by atomic mass is 10.1. The summed E-state index contributed by atoms with van der Waals surface area (Å²) in [5, 5.41) is 17.5. The van der Waals surface area contributed by atoms with E-state index < -0.39 is 17.4 Å². The van der Waals surface area contributed by atoms with Crippen molar-refractivity contribution in [2.45, 2.75) is 6.42 Å². The summed E-state index contributed by atoms with van der Waals surface area (Å²) in [6.45, 7) is 0. The maximum Gasteiger partial charge on any atom is 0.250 e. The number of nitrogens with one attached hydrogen (secondary N) is 3. The van der Waals surface area contributed by atoms with E-state index in [1.54, 1.807) is 0 Å². The number of H-pyrrole nitrogens is 2. The molecule has 0 radical (unpaired) electrons. The smallest absolute Gasteiger partial charge is 0.250 e. The molecule has 0 fully saturated rings. The number of nitrogens with zero attached hydrogens (tertiary/aromatic N) is 3. The first-order valence-electron chi connectivity index (χ1n) is 6.17. The topological polar surface area (TPSA) is 144 Å². The summed E-state index contributed by atoms with van der Waals surface area (Å²) in [5.74, 6) is -0.508. The molecule has 108 valence electrons. The number of aromatic nitrogens is 4. The summed E-state index contributed by atoms with van der Waals surface area (Å²) in [5.41, 5.74) is 0.401. The molecule has 0 spiro atoms. The predicted molar refractivity (Wildman–Crippen MR) is 72.9 cm³/mol. The number of hydrogen-bond donors (Lipinski definition) is 3. The van der Waals surface area contributed by atoms with E-state index in [1.165, 1.54) is 18.2 Å². The summed E-state index contributed by atoms with van der Waals surface area (Å²) in [7, 11) is 0. The van der Waals surface area contributed by atoms with Crippen molar-refractivity contribution in [3.63, 3.8) is 0 Å². The second-order valence-corrected chi connectivity index (χ2v) is 4.53. The third-order valence-corrected chi connectivity index (χ3v) is 2.93. The predicted octanol–water partition coefficient (Wildman–Crippen LogP) is -0.538. The van der Waals surface area contributed by atoms with Gasteiger partial charge in [0.25, 0.3) is 5.91 Å². The Labute approximate surface area is 122 Å². The van der Waals surface area contributed by atoms with Crippen LogP contribution in [0.15, 0.2) is 23.0 Å². The van der Waals surface area contributed by atoms with Gasteiger partial charge in [-0.25, -0.2) is 4.98 Å². The van der Waals surface area contributed by atoms with Crippen LogP contribution in [0.25, 0.3) is 17.0 Å². The van der Waals surface area contributed by atoms with Crippen LogP contribution < -0.4 is 10.9 Å². The highest BCUT2D eigenvalue weighted by Crippen LogP contribution is 2.20. The minimum absolute atomic E-state index is 0.0121. The third kappa shape index (κ3) is 2.53. The standard InChI is InChI=1S/C13H8N6O3/c14-5-8-1-6(2-9(20)15-8)12-17-13(19-18-12)7-3-10(21)16-11(22)4-7/h1-3H,4H2,(H,15,20)(H,16,21,22)(H,17,18,19). The summed E-state index contributed by atoms with van der Waals surface area (Å²) in [6.07, 6.45) is 1.23. The fourth-order valence-electron chi connectivity index (χ4n) is 2.02. The lowest BCUT2D eigenvalue weighted by molar-refractivity contribution is -0.127. The molecule has 0 unspecified atom stereocenters. The van der Waals surface area contributed by atoms with E-state index in [1.807, 2.05) is 6.07 Å². The van der Waals surface area contributed by atoms with Crippen molar-refractivity contribution < 1.29 is 9.59 Å². The number of imide groups is 1. The second-order valence-electron chi connectivity index (χ2n) is 4.53. The van der Waals surface area contributed by atoms with Gasteiger partial charge in [-0.15, -0.1) is 0 Å². The number of carbonyl (C=O) groups is 2. The van der Waals surface area contributed by atoms with E-state index in [4.69, 9.17) is 5.26 Å². The molecule has 0 atom stereocenters. The molecule has 3 rings (SSSR count). The highest BCUT2D eigenvalue weighted by atomic mass is 16.2. The number of nitriles is 1. The Morgan fingerprint density at radius 2 is 2.05 bits per heavy atom. The van der Waals surface area contributed by atoms with Gasteiger partial charge in [0.05, 0.1) is 6.42 Å². The Morgan fingerprint density at radius 1 is 1.23 bits per heavy atom. The Balaban J connectivity index is 2.00. The van der Waals surface area contributed by atoms with Crippen molar-refractivity contribution in [3.8, 4) is 17.5 Å². The molecule has 2 aromatic rings. The van der Waals surface area contributed by atoms with Crippen molar-refractivity contribution in [2.24, 2.45) is 0 Å². The zero-order valence-corrected chi connectivity index (χ0v) is 11.0. The molecule has 9 heteroatoms. The number of rotatable bonds is 2. The molecule has 0 aliphatic carbocycles. The van der Waals surface area contributed by atoms with Crippen LogP contribution in [0.1, 0.15) is 17.9 Å². The average Bonchev–Trinajstić information content (AvgIpc) is 2.95. The molecule has 1 aliphatic heterocycles. The van der Waals surface area contributed by atoms with Crippen LogP contribution >= 0.6 is 0 Å². The van der Waals surface area contributed by atoms with Gasteiger partial charge in [0.2, 0.25) is 11.5 Å². The van der Waals surface area contributed by atoms with Crippen LogP contribution in [-0.4, -0.2) is 32.0 Å². The zero-order valence-electron chi connectivity index (χ0n) is 11.0. The maximum atomic E-state index is 11.5. The van der Waals surface area contributed by atoms with Gasteiger partial charge in [0, 0.05) is 23.3 Å². The summed E-state index contributed by atoms with van der Waals surface area (Å²) < 4.78 is 0. The Kier molecular flexibility index (Phi) is 3.12. The Bertz CT molecular complexity index is 914. The largest absolute Gasteiger partial charge is 0.314 e. The molecule has 9 nitrogen and oxygen atoms in total. The molecular weight excluding hydrogens is 288 g/mol. The minimum Gasteiger partial charge on any atom is -0.314 e. The van der Waals surface area contributed by atoms with E-state index in [0.29, 0.717) is 11.1 Å². The van der Waals surface area contributed by atoms with Gasteiger partial charge in [0.15, 0.2) is 11.6 Å². The molecule has 3 heterocycles. The fraction of sp³-hybridized carbons (Fsp3) is 0.0769. The second kappa shape index (κ2) is 5.10. The first-order chi connectivity index (χ1) is 10.5. The van der Waals surface area contributed by atoms with Gasteiger partial charge in [-0.05, 0) is 6.07 Å². The lowest BCUT2D eigenvalue weighted by Crippen LogP contribution is -2.32. The van der Waals surface area contributed by atoms with Crippen molar-refractivity contribution in [2.75, 3.05) is 0 Å². The van der Waals surface area contributed by atoms with Gasteiger partial charge >= 0.3 is 0 Å². The van der Waals surface area contributed by atoms with Crippen molar-refractivity contribution in [1.29, 1.82) is 5.26 Å². The Morgan fingerprint density at radius 3 is 2.77 bits per heavy atom. The fourth-order valence-corrected chi connectivity index (χ4v) is 2.02. The van der Waals surface area contributed by atoms with Crippen LogP contribution in [0.4, 0.5) is 0 Å². The maximum absolute atomic E-state index is 11.5. The molecule has 22 heavy (non-hydrogen) atoms. The molecule has 3 N–H and O–H groups in total. The number of carbonyl (C=O) groups excluding carboxylic acids is 2. The van der Waals surface area contributed by atoms with Gasteiger partial charge in [-0.2, -0.15) is 10.4 Å². The van der Waals surface area contributed by atoms with Crippen molar-refractivity contribution in [1.82, 2.24) is 25.5 Å². The molecule has 0 saturated carbocycles. The number of pyridine rings is 1. The van der Waals surface area contributed by atoms with Crippen LogP contribution in [0, 0.1) is 11.3 Å². The van der Waals surface area contributed by atoms with Gasteiger partial charge < -0.3 is 4.98 Å². The highest BCUT2D eigenvalue weighted by molar-refractivity contribution is 6.11. The van der Waals surface area contributed by atoms with E-state index in [0.717, 1.165) is 0 Å². The van der Waals surface area contributed by atoms with Gasteiger partial charge in [0.1, 0.15) is 11.8 Å². The van der Waals surface area contributed by atoms with Crippen molar-refractivity contribution >= 4 is 17.4 Å². The quantitative estimate of drug-likeness (QED) is 0.635. The minimum atomic E-state index is -0.527. The molecule has 0 aromatic carbocycles. The van der Waals surface area contributed by atoms with E-state index in [9.17, 15) is 14.4 Å². The van der Waals surface area contributed by atoms with Crippen LogP contribution in [0.2, 0.25) is 0 Å². The monoisotopic (exact) mass is 296 g/mol. The average molecular weight is 296 g/mol. The molecule has 0 bridgehead atoms. The summed E-state index contributed by atoms with van der Waals surface area (Å²) >= 11 is 0. The van der Waals surface area contributed by atoms with E-state index in [-0.39, 0.29) is 23.8 Å². The summed E-state index contributed by atoms with van der Waals surface area (Å²) in [6, 6.07) is 4.54.